The molecule has 0 saturated heterocycles. The van der Waals surface area contributed by atoms with E-state index in [4.69, 9.17) is 5.26 Å². The highest BCUT2D eigenvalue weighted by Gasteiger charge is 2.08. The van der Waals surface area contributed by atoms with Crippen LogP contribution in [0.4, 0.5) is 0 Å². The van der Waals surface area contributed by atoms with Crippen molar-refractivity contribution in [2.75, 3.05) is 0 Å². The second-order valence-corrected chi connectivity index (χ2v) is 2.89. The molecule has 0 fully saturated rings. The summed E-state index contributed by atoms with van der Waals surface area (Å²) < 4.78 is 0. The van der Waals surface area contributed by atoms with Crippen molar-refractivity contribution in [1.29, 1.82) is 5.26 Å². The van der Waals surface area contributed by atoms with Crippen LogP contribution in [0.3, 0.4) is 0 Å². The zero-order valence-corrected chi connectivity index (χ0v) is 7.65. The van der Waals surface area contributed by atoms with Crippen LogP contribution in [0.1, 0.15) is 11.5 Å². The highest BCUT2D eigenvalue weighted by molar-refractivity contribution is 5.57. The summed E-state index contributed by atoms with van der Waals surface area (Å²) in [6.07, 6.45) is 1.70. The number of imidazole rings is 1. The van der Waals surface area contributed by atoms with Gasteiger partial charge in [-0.15, -0.1) is 0 Å². The van der Waals surface area contributed by atoms with Crippen molar-refractivity contribution in [1.82, 2.24) is 15.0 Å². The van der Waals surface area contributed by atoms with Crippen LogP contribution in [-0.2, 0) is 0 Å². The molecule has 0 amide bonds. The average Bonchev–Trinajstić information content (AvgIpc) is 2.61. The molecular formula is C10H8N4. The predicted octanol–water partition coefficient (Wildman–Crippen LogP) is 1.65. The fraction of sp³-hybridized carbons (Fsp3) is 0.100. The number of H-pyrrole nitrogens is 1. The van der Waals surface area contributed by atoms with Crippen LogP contribution in [0, 0.1) is 18.3 Å². The molecule has 0 radical (unpaired) electrons. The standard InChI is InChI=1S/C10H8N4/c1-7-10(14-9(6-11)13-7)8-4-2-3-5-12-8/h2-5H,1H3,(H,13,14). The molecule has 0 aromatic carbocycles. The Hall–Kier alpha value is -2.15. The van der Waals surface area contributed by atoms with Crippen molar-refractivity contribution in [2.24, 2.45) is 0 Å². The van der Waals surface area contributed by atoms with Crippen molar-refractivity contribution >= 4 is 0 Å². The van der Waals surface area contributed by atoms with Crippen LogP contribution in [0.15, 0.2) is 24.4 Å². The zero-order chi connectivity index (χ0) is 9.97. The minimum Gasteiger partial charge on any atom is -0.333 e. The molecule has 0 saturated carbocycles. The quantitative estimate of drug-likeness (QED) is 0.732. The first-order chi connectivity index (χ1) is 6.81. The molecule has 0 aliphatic carbocycles. The summed E-state index contributed by atoms with van der Waals surface area (Å²) >= 11 is 0. The number of pyridine rings is 1. The van der Waals surface area contributed by atoms with Crippen LogP contribution in [0.25, 0.3) is 11.4 Å². The van der Waals surface area contributed by atoms with E-state index in [1.807, 2.05) is 31.2 Å². The average molecular weight is 184 g/mol. The Morgan fingerprint density at radius 2 is 2.29 bits per heavy atom. The minimum atomic E-state index is 0.322. The number of aryl methyl sites for hydroxylation is 1. The molecule has 4 heteroatoms. The summed E-state index contributed by atoms with van der Waals surface area (Å²) in [6.45, 7) is 1.87. The summed E-state index contributed by atoms with van der Waals surface area (Å²) in [5, 5.41) is 8.66. The van der Waals surface area contributed by atoms with E-state index in [0.29, 0.717) is 5.82 Å². The van der Waals surface area contributed by atoms with Gasteiger partial charge in [0.15, 0.2) is 0 Å². The van der Waals surface area contributed by atoms with Gasteiger partial charge >= 0.3 is 0 Å². The molecule has 1 N–H and O–H groups in total. The third kappa shape index (κ3) is 1.36. The van der Waals surface area contributed by atoms with Gasteiger partial charge < -0.3 is 4.98 Å². The van der Waals surface area contributed by atoms with Crippen LogP contribution < -0.4 is 0 Å². The third-order valence-electron chi connectivity index (χ3n) is 1.90. The van der Waals surface area contributed by atoms with E-state index in [9.17, 15) is 0 Å². The van der Waals surface area contributed by atoms with Crippen LogP contribution in [0.5, 0.6) is 0 Å². The normalized spacial score (nSPS) is 9.71. The van der Waals surface area contributed by atoms with Crippen LogP contribution in [-0.4, -0.2) is 15.0 Å². The van der Waals surface area contributed by atoms with E-state index in [2.05, 4.69) is 15.0 Å². The third-order valence-corrected chi connectivity index (χ3v) is 1.90. The Morgan fingerprint density at radius 1 is 1.43 bits per heavy atom. The summed E-state index contributed by atoms with van der Waals surface area (Å²) in [6, 6.07) is 7.56. The maximum Gasteiger partial charge on any atom is 0.210 e. The molecule has 14 heavy (non-hydrogen) atoms. The number of nitrogens with one attached hydrogen (secondary N) is 1. The zero-order valence-electron chi connectivity index (χ0n) is 7.65. The van der Waals surface area contributed by atoms with Gasteiger partial charge in [-0.05, 0) is 19.1 Å². The fourth-order valence-corrected chi connectivity index (χ4v) is 1.27. The lowest BCUT2D eigenvalue weighted by molar-refractivity contribution is 1.19. The molecule has 2 aromatic rings. The molecule has 0 unspecified atom stereocenters. The first kappa shape index (κ1) is 8.45. The number of hydrogen-bond acceptors (Lipinski definition) is 3. The summed E-state index contributed by atoms with van der Waals surface area (Å²) in [7, 11) is 0. The van der Waals surface area contributed by atoms with Gasteiger partial charge in [-0.1, -0.05) is 6.07 Å². The molecule has 2 aromatic heterocycles. The lowest BCUT2D eigenvalue weighted by atomic mass is 10.2. The Morgan fingerprint density at radius 3 is 2.86 bits per heavy atom. The van der Waals surface area contributed by atoms with Gasteiger partial charge in [-0.3, -0.25) is 4.98 Å². The number of aromatic amines is 1. The Bertz CT molecular complexity index is 479. The van der Waals surface area contributed by atoms with Gasteiger partial charge in [0, 0.05) is 11.9 Å². The number of hydrogen-bond donors (Lipinski definition) is 1. The van der Waals surface area contributed by atoms with Gasteiger partial charge in [-0.2, -0.15) is 5.26 Å². The number of nitriles is 1. The topological polar surface area (TPSA) is 65.4 Å². The maximum absolute atomic E-state index is 8.66. The van der Waals surface area contributed by atoms with Crippen LogP contribution >= 0.6 is 0 Å². The number of nitrogens with zero attached hydrogens (tertiary/aromatic N) is 3. The number of rotatable bonds is 1. The first-order valence-corrected chi connectivity index (χ1v) is 4.19. The molecule has 2 heterocycles. The lowest BCUT2D eigenvalue weighted by Crippen LogP contribution is -1.84. The lowest BCUT2D eigenvalue weighted by Gasteiger charge is -1.94. The molecule has 0 spiro atoms. The van der Waals surface area contributed by atoms with Crippen molar-refractivity contribution in [2.45, 2.75) is 6.92 Å². The molecule has 0 aliphatic rings. The second-order valence-electron chi connectivity index (χ2n) is 2.89. The van der Waals surface area contributed by atoms with E-state index in [1.54, 1.807) is 6.20 Å². The summed E-state index contributed by atoms with van der Waals surface area (Å²) in [4.78, 5) is 11.2. The van der Waals surface area contributed by atoms with Gasteiger partial charge in [-0.25, -0.2) is 4.98 Å². The minimum absolute atomic E-state index is 0.322. The second kappa shape index (κ2) is 3.30. The smallest absolute Gasteiger partial charge is 0.210 e. The largest absolute Gasteiger partial charge is 0.333 e. The van der Waals surface area contributed by atoms with Crippen molar-refractivity contribution < 1.29 is 0 Å². The summed E-state index contributed by atoms with van der Waals surface area (Å²) in [5.74, 6) is 0.322. The van der Waals surface area contributed by atoms with E-state index in [1.165, 1.54) is 0 Å². The molecule has 0 bridgehead atoms. The van der Waals surface area contributed by atoms with E-state index < -0.39 is 0 Å². The van der Waals surface area contributed by atoms with Gasteiger partial charge in [0.25, 0.3) is 0 Å². The van der Waals surface area contributed by atoms with Gasteiger partial charge in [0.1, 0.15) is 11.8 Å². The highest BCUT2D eigenvalue weighted by Crippen LogP contribution is 2.17. The summed E-state index contributed by atoms with van der Waals surface area (Å²) in [5.41, 5.74) is 2.38. The van der Waals surface area contributed by atoms with E-state index in [0.717, 1.165) is 17.1 Å². The maximum atomic E-state index is 8.66. The first-order valence-electron chi connectivity index (χ1n) is 4.19. The fourth-order valence-electron chi connectivity index (χ4n) is 1.27. The molecule has 68 valence electrons. The SMILES string of the molecule is Cc1[nH]c(C#N)nc1-c1ccccn1. The Balaban J connectivity index is 2.53. The van der Waals surface area contributed by atoms with Crippen molar-refractivity contribution in [3.8, 4) is 17.5 Å². The van der Waals surface area contributed by atoms with Crippen LogP contribution in [0.2, 0.25) is 0 Å². The predicted molar refractivity (Wildman–Crippen MR) is 51.3 cm³/mol. The van der Waals surface area contributed by atoms with Crippen molar-refractivity contribution in [3.05, 3.63) is 35.9 Å². The highest BCUT2D eigenvalue weighted by atomic mass is 14.9. The van der Waals surface area contributed by atoms with Gasteiger partial charge in [0.2, 0.25) is 5.82 Å². The molecular weight excluding hydrogens is 176 g/mol. The monoisotopic (exact) mass is 184 g/mol. The molecule has 4 nitrogen and oxygen atoms in total. The van der Waals surface area contributed by atoms with E-state index in [-0.39, 0.29) is 0 Å². The molecule has 0 atom stereocenters. The van der Waals surface area contributed by atoms with Gasteiger partial charge in [0.05, 0.1) is 5.69 Å². The van der Waals surface area contributed by atoms with E-state index >= 15 is 0 Å². The van der Waals surface area contributed by atoms with Crippen molar-refractivity contribution in [3.63, 3.8) is 0 Å². The molecule has 2 rings (SSSR count). The molecule has 0 aliphatic heterocycles. The Kier molecular flexibility index (Phi) is 1.99. The Labute approximate surface area is 81.3 Å². The number of aromatic nitrogens is 3.